The Morgan fingerprint density at radius 3 is 2.55 bits per heavy atom. The fraction of sp³-hybridized carbons (Fsp3) is 0.533. The molecule has 0 radical (unpaired) electrons. The molecular formula is C15H23BrN2O2. The fourth-order valence-corrected chi connectivity index (χ4v) is 2.18. The van der Waals surface area contributed by atoms with E-state index in [1.54, 1.807) is 0 Å². The van der Waals surface area contributed by atoms with E-state index >= 15 is 0 Å². The summed E-state index contributed by atoms with van der Waals surface area (Å²) in [6.45, 7) is 4.77. The molecule has 0 saturated carbocycles. The molecule has 0 aliphatic rings. The highest BCUT2D eigenvalue weighted by atomic mass is 79.9. The molecule has 1 aromatic rings. The molecule has 5 heteroatoms. The predicted octanol–water partition coefficient (Wildman–Crippen LogP) is 3.22. The maximum absolute atomic E-state index is 11.9. The van der Waals surface area contributed by atoms with E-state index in [1.807, 2.05) is 38.1 Å². The van der Waals surface area contributed by atoms with E-state index in [1.165, 1.54) is 0 Å². The van der Waals surface area contributed by atoms with E-state index in [0.29, 0.717) is 13.0 Å². The molecule has 0 bridgehead atoms. The molecule has 2 atom stereocenters. The number of rotatable bonds is 7. The molecule has 20 heavy (non-hydrogen) atoms. The first-order valence-corrected chi connectivity index (χ1v) is 7.76. The molecule has 4 nitrogen and oxygen atoms in total. The van der Waals surface area contributed by atoms with Crippen molar-refractivity contribution in [2.75, 3.05) is 13.2 Å². The second-order valence-corrected chi connectivity index (χ2v) is 5.90. The lowest BCUT2D eigenvalue weighted by Crippen LogP contribution is -2.39. The number of amides is 2. The molecule has 0 heterocycles. The van der Waals surface area contributed by atoms with Crippen LogP contribution in [0.25, 0.3) is 0 Å². The van der Waals surface area contributed by atoms with Gasteiger partial charge in [0, 0.05) is 17.6 Å². The Labute approximate surface area is 129 Å². The Morgan fingerprint density at radius 2 is 2.00 bits per heavy atom. The van der Waals surface area contributed by atoms with Gasteiger partial charge in [-0.15, -0.1) is 0 Å². The van der Waals surface area contributed by atoms with Crippen molar-refractivity contribution in [2.45, 2.75) is 32.7 Å². The van der Waals surface area contributed by atoms with Gasteiger partial charge < -0.3 is 15.7 Å². The zero-order chi connectivity index (χ0) is 15.0. The number of hydrogen-bond acceptors (Lipinski definition) is 2. The Morgan fingerprint density at radius 1 is 1.35 bits per heavy atom. The minimum atomic E-state index is -0.162. The number of aliphatic hydroxyl groups is 1. The summed E-state index contributed by atoms with van der Waals surface area (Å²) in [5.41, 5.74) is 1.09. The van der Waals surface area contributed by atoms with Crippen molar-refractivity contribution in [3.05, 3.63) is 34.3 Å². The third kappa shape index (κ3) is 5.92. The van der Waals surface area contributed by atoms with Gasteiger partial charge in [0.1, 0.15) is 0 Å². The second kappa shape index (κ2) is 8.97. The summed E-state index contributed by atoms with van der Waals surface area (Å²) in [7, 11) is 0. The van der Waals surface area contributed by atoms with Gasteiger partial charge in [0.15, 0.2) is 0 Å². The number of carbonyl (C=O) groups excluding carboxylic acids is 1. The monoisotopic (exact) mass is 342 g/mol. The molecule has 2 unspecified atom stereocenters. The summed E-state index contributed by atoms with van der Waals surface area (Å²) in [5, 5.41) is 14.6. The van der Waals surface area contributed by atoms with Crippen LogP contribution in [0.2, 0.25) is 0 Å². The topological polar surface area (TPSA) is 61.4 Å². The lowest BCUT2D eigenvalue weighted by atomic mass is 10.1. The van der Waals surface area contributed by atoms with Crippen molar-refractivity contribution >= 4 is 22.0 Å². The summed E-state index contributed by atoms with van der Waals surface area (Å²) in [6, 6.07) is 7.81. The van der Waals surface area contributed by atoms with Crippen LogP contribution in [-0.4, -0.2) is 24.3 Å². The first-order valence-electron chi connectivity index (χ1n) is 6.97. The first kappa shape index (κ1) is 17.0. The second-order valence-electron chi connectivity index (χ2n) is 4.98. The van der Waals surface area contributed by atoms with Crippen LogP contribution >= 0.6 is 15.9 Å². The lowest BCUT2D eigenvalue weighted by Gasteiger charge is -2.19. The van der Waals surface area contributed by atoms with Gasteiger partial charge in [-0.25, -0.2) is 4.79 Å². The van der Waals surface area contributed by atoms with Crippen molar-refractivity contribution in [2.24, 2.45) is 5.92 Å². The molecule has 2 amide bonds. The van der Waals surface area contributed by atoms with Crippen molar-refractivity contribution in [3.8, 4) is 0 Å². The largest absolute Gasteiger partial charge is 0.396 e. The van der Waals surface area contributed by atoms with Gasteiger partial charge in [-0.3, -0.25) is 0 Å². The minimum Gasteiger partial charge on any atom is -0.396 e. The molecule has 0 spiro atoms. The van der Waals surface area contributed by atoms with Gasteiger partial charge in [0.2, 0.25) is 0 Å². The zero-order valence-electron chi connectivity index (χ0n) is 12.0. The van der Waals surface area contributed by atoms with E-state index in [-0.39, 0.29) is 24.6 Å². The van der Waals surface area contributed by atoms with Crippen LogP contribution in [0.15, 0.2) is 28.7 Å². The number of aliphatic hydroxyl groups excluding tert-OH is 1. The third-order valence-electron chi connectivity index (χ3n) is 3.22. The molecule has 0 aliphatic carbocycles. The number of carbonyl (C=O) groups is 1. The number of benzene rings is 1. The van der Waals surface area contributed by atoms with Crippen LogP contribution in [0.1, 0.15) is 38.3 Å². The van der Waals surface area contributed by atoms with Crippen molar-refractivity contribution in [1.29, 1.82) is 0 Å². The van der Waals surface area contributed by atoms with Crippen LogP contribution in [0.4, 0.5) is 4.79 Å². The van der Waals surface area contributed by atoms with Crippen LogP contribution < -0.4 is 10.6 Å². The number of halogens is 1. The van der Waals surface area contributed by atoms with E-state index in [9.17, 15) is 4.79 Å². The zero-order valence-corrected chi connectivity index (χ0v) is 13.6. The third-order valence-corrected chi connectivity index (χ3v) is 3.75. The molecule has 112 valence electrons. The number of nitrogens with one attached hydrogen (secondary N) is 2. The summed E-state index contributed by atoms with van der Waals surface area (Å²) >= 11 is 3.40. The smallest absolute Gasteiger partial charge is 0.315 e. The van der Waals surface area contributed by atoms with E-state index in [4.69, 9.17) is 5.11 Å². The SMILES string of the molecule is CCC(NC(=O)NCC(C)CCO)c1ccc(Br)cc1. The summed E-state index contributed by atoms with van der Waals surface area (Å²) in [6.07, 6.45) is 1.53. The Kier molecular flexibility index (Phi) is 7.62. The highest BCUT2D eigenvalue weighted by Gasteiger charge is 2.13. The summed E-state index contributed by atoms with van der Waals surface area (Å²) in [5.74, 6) is 0.276. The normalized spacial score (nSPS) is 13.6. The van der Waals surface area contributed by atoms with Gasteiger partial charge >= 0.3 is 6.03 Å². The Bertz CT molecular complexity index is 409. The maximum atomic E-state index is 11.9. The molecule has 1 aromatic carbocycles. The van der Waals surface area contributed by atoms with Crippen LogP contribution in [0.3, 0.4) is 0 Å². The fourth-order valence-electron chi connectivity index (χ4n) is 1.91. The quantitative estimate of drug-likeness (QED) is 0.712. The van der Waals surface area contributed by atoms with E-state index in [0.717, 1.165) is 16.5 Å². The number of hydrogen-bond donors (Lipinski definition) is 3. The Balaban J connectivity index is 2.47. The van der Waals surface area contributed by atoms with Crippen molar-refractivity contribution in [3.63, 3.8) is 0 Å². The minimum absolute atomic E-state index is 0.0104. The van der Waals surface area contributed by atoms with E-state index in [2.05, 4.69) is 26.6 Å². The first-order chi connectivity index (χ1) is 9.56. The molecule has 0 fully saturated rings. The summed E-state index contributed by atoms with van der Waals surface area (Å²) in [4.78, 5) is 11.9. The van der Waals surface area contributed by atoms with Crippen molar-refractivity contribution < 1.29 is 9.90 Å². The average molecular weight is 343 g/mol. The van der Waals surface area contributed by atoms with Gasteiger partial charge in [0.05, 0.1) is 6.04 Å². The number of urea groups is 1. The molecule has 3 N–H and O–H groups in total. The standard InChI is InChI=1S/C15H23BrN2O2/c1-3-14(12-4-6-13(16)7-5-12)18-15(20)17-10-11(2)8-9-19/h4-7,11,14,19H,3,8-10H2,1-2H3,(H2,17,18,20). The molecule has 0 saturated heterocycles. The van der Waals surface area contributed by atoms with Crippen LogP contribution in [0.5, 0.6) is 0 Å². The lowest BCUT2D eigenvalue weighted by molar-refractivity contribution is 0.230. The highest BCUT2D eigenvalue weighted by Crippen LogP contribution is 2.19. The molecule has 1 rings (SSSR count). The van der Waals surface area contributed by atoms with Crippen LogP contribution in [-0.2, 0) is 0 Å². The van der Waals surface area contributed by atoms with Crippen LogP contribution in [0, 0.1) is 5.92 Å². The molecule has 0 aromatic heterocycles. The maximum Gasteiger partial charge on any atom is 0.315 e. The molecular weight excluding hydrogens is 320 g/mol. The summed E-state index contributed by atoms with van der Waals surface area (Å²) < 4.78 is 1.03. The average Bonchev–Trinajstić information content (AvgIpc) is 2.44. The van der Waals surface area contributed by atoms with Gasteiger partial charge in [0.25, 0.3) is 0 Å². The predicted molar refractivity (Wildman–Crippen MR) is 84.6 cm³/mol. The van der Waals surface area contributed by atoms with Gasteiger partial charge in [-0.05, 0) is 36.5 Å². The van der Waals surface area contributed by atoms with Gasteiger partial charge in [-0.2, -0.15) is 0 Å². The van der Waals surface area contributed by atoms with Crippen molar-refractivity contribution in [1.82, 2.24) is 10.6 Å². The van der Waals surface area contributed by atoms with E-state index < -0.39 is 0 Å². The highest BCUT2D eigenvalue weighted by molar-refractivity contribution is 9.10. The molecule has 0 aliphatic heterocycles. The Hall–Kier alpha value is -1.07. The van der Waals surface area contributed by atoms with Gasteiger partial charge in [-0.1, -0.05) is 41.9 Å².